The van der Waals surface area contributed by atoms with Gasteiger partial charge in [-0.3, -0.25) is 19.3 Å². The fourth-order valence-corrected chi connectivity index (χ4v) is 2.33. The van der Waals surface area contributed by atoms with Crippen molar-refractivity contribution in [2.24, 2.45) is 0 Å². The first-order chi connectivity index (χ1) is 9.09. The number of hydrogen-bond donors (Lipinski definition) is 0. The fraction of sp³-hybridized carbons (Fsp3) is 0.231. The number of cyclic esters (lactones) is 2. The van der Waals surface area contributed by atoms with Crippen LogP contribution in [0.3, 0.4) is 0 Å². The van der Waals surface area contributed by atoms with Gasteiger partial charge in [-0.2, -0.15) is 0 Å². The second-order valence-corrected chi connectivity index (χ2v) is 4.37. The van der Waals surface area contributed by atoms with Gasteiger partial charge in [0.05, 0.1) is 11.1 Å². The molecule has 0 radical (unpaired) electrons. The molecule has 0 spiro atoms. The molecule has 1 saturated heterocycles. The molecular weight excluding hydrogens is 250 g/mol. The normalized spacial score (nSPS) is 22.5. The Labute approximate surface area is 107 Å². The molecule has 1 aromatic carbocycles. The molecule has 0 aromatic heterocycles. The summed E-state index contributed by atoms with van der Waals surface area (Å²) in [6, 6.07) is 5.36. The van der Waals surface area contributed by atoms with Crippen LogP contribution in [0.4, 0.5) is 0 Å². The number of hydrogen-bond acceptors (Lipinski definition) is 5. The van der Waals surface area contributed by atoms with Gasteiger partial charge in [0.25, 0.3) is 11.8 Å². The Morgan fingerprint density at radius 2 is 1.58 bits per heavy atom. The van der Waals surface area contributed by atoms with Crippen molar-refractivity contribution < 1.29 is 23.9 Å². The highest BCUT2D eigenvalue weighted by atomic mass is 16.6. The van der Waals surface area contributed by atoms with E-state index >= 15 is 0 Å². The van der Waals surface area contributed by atoms with E-state index in [9.17, 15) is 19.2 Å². The van der Waals surface area contributed by atoms with Crippen molar-refractivity contribution in [2.45, 2.75) is 18.9 Å². The van der Waals surface area contributed by atoms with E-state index in [1.807, 2.05) is 0 Å². The van der Waals surface area contributed by atoms with Crippen LogP contribution in [-0.4, -0.2) is 34.7 Å². The van der Waals surface area contributed by atoms with Crippen LogP contribution in [0.1, 0.15) is 33.6 Å². The van der Waals surface area contributed by atoms with Crippen LogP contribution >= 0.6 is 0 Å². The van der Waals surface area contributed by atoms with E-state index in [4.69, 9.17) is 0 Å². The minimum atomic E-state index is -1.01. The third-order valence-corrected chi connectivity index (χ3v) is 3.25. The summed E-state index contributed by atoms with van der Waals surface area (Å²) in [5.74, 6) is -2.50. The van der Waals surface area contributed by atoms with Crippen LogP contribution in [0.15, 0.2) is 24.3 Å². The van der Waals surface area contributed by atoms with E-state index in [0.717, 1.165) is 4.90 Å². The first kappa shape index (κ1) is 11.6. The van der Waals surface area contributed by atoms with E-state index in [-0.39, 0.29) is 24.0 Å². The van der Waals surface area contributed by atoms with Gasteiger partial charge in [-0.05, 0) is 18.6 Å². The number of benzene rings is 1. The highest BCUT2D eigenvalue weighted by Gasteiger charge is 2.45. The molecule has 0 aliphatic carbocycles. The quantitative estimate of drug-likeness (QED) is 0.417. The Hall–Kier alpha value is -2.50. The molecule has 0 bridgehead atoms. The zero-order chi connectivity index (χ0) is 13.6. The molecule has 1 fully saturated rings. The fourth-order valence-electron chi connectivity index (χ4n) is 2.33. The van der Waals surface area contributed by atoms with Crippen LogP contribution < -0.4 is 0 Å². The summed E-state index contributed by atoms with van der Waals surface area (Å²) < 4.78 is 4.48. The lowest BCUT2D eigenvalue weighted by molar-refractivity contribution is -0.167. The first-order valence-electron chi connectivity index (χ1n) is 5.81. The smallest absolute Gasteiger partial charge is 0.337 e. The van der Waals surface area contributed by atoms with Gasteiger partial charge in [0, 0.05) is 6.42 Å². The van der Waals surface area contributed by atoms with E-state index in [1.54, 1.807) is 12.1 Å². The number of ether oxygens (including phenoxy) is 1. The van der Waals surface area contributed by atoms with Gasteiger partial charge in [0.15, 0.2) is 0 Å². The van der Waals surface area contributed by atoms with Gasteiger partial charge < -0.3 is 4.74 Å². The molecule has 6 heteroatoms. The molecule has 2 heterocycles. The van der Waals surface area contributed by atoms with Crippen molar-refractivity contribution in [1.29, 1.82) is 0 Å². The van der Waals surface area contributed by atoms with Crippen molar-refractivity contribution in [3.05, 3.63) is 35.4 Å². The van der Waals surface area contributed by atoms with E-state index < -0.39 is 29.8 Å². The summed E-state index contributed by atoms with van der Waals surface area (Å²) in [6.07, 6.45) is 0.132. The Balaban J connectivity index is 1.96. The average Bonchev–Trinajstić information content (AvgIpc) is 2.64. The van der Waals surface area contributed by atoms with Crippen molar-refractivity contribution in [3.63, 3.8) is 0 Å². The molecule has 1 aromatic rings. The number of carbonyl (C=O) groups is 4. The Bertz CT molecular complexity index is 586. The molecule has 0 unspecified atom stereocenters. The predicted octanol–water partition coefficient (Wildman–Crippen LogP) is 0.515. The summed E-state index contributed by atoms with van der Waals surface area (Å²) in [4.78, 5) is 47.8. The molecule has 1 atom stereocenters. The molecule has 3 rings (SSSR count). The van der Waals surface area contributed by atoms with Crippen molar-refractivity contribution >= 4 is 23.8 Å². The van der Waals surface area contributed by atoms with Gasteiger partial charge >= 0.3 is 11.9 Å². The van der Waals surface area contributed by atoms with Gasteiger partial charge in [-0.1, -0.05) is 12.1 Å². The highest BCUT2D eigenvalue weighted by Crippen LogP contribution is 2.27. The number of nitrogens with zero attached hydrogens (tertiary/aromatic N) is 1. The second kappa shape index (κ2) is 4.01. The number of rotatable bonds is 1. The van der Waals surface area contributed by atoms with Crippen LogP contribution in [0.25, 0.3) is 0 Å². The maximum atomic E-state index is 12.1. The number of fused-ring (bicyclic) bond motifs is 1. The summed E-state index contributed by atoms with van der Waals surface area (Å²) in [5.41, 5.74) is 0.550. The molecule has 0 N–H and O–H groups in total. The molecule has 0 saturated carbocycles. The maximum absolute atomic E-state index is 12.1. The molecule has 19 heavy (non-hydrogen) atoms. The van der Waals surface area contributed by atoms with Crippen molar-refractivity contribution in [3.8, 4) is 0 Å². The lowest BCUT2D eigenvalue weighted by Crippen LogP contribution is -2.48. The maximum Gasteiger partial charge on any atom is 0.337 e. The van der Waals surface area contributed by atoms with Gasteiger partial charge in [-0.25, -0.2) is 4.79 Å². The SMILES string of the molecule is O=C1CC[C@@H](N2C(=O)c3ccccc3C2=O)C(=O)O1. The Morgan fingerprint density at radius 3 is 2.11 bits per heavy atom. The second-order valence-electron chi connectivity index (χ2n) is 4.37. The van der Waals surface area contributed by atoms with E-state index in [2.05, 4.69) is 4.74 Å². The van der Waals surface area contributed by atoms with Crippen LogP contribution in [0.2, 0.25) is 0 Å². The topological polar surface area (TPSA) is 80.8 Å². The number of amides is 2. The molecule has 2 aliphatic heterocycles. The first-order valence-corrected chi connectivity index (χ1v) is 5.81. The average molecular weight is 259 g/mol. The summed E-state index contributed by atoms with van der Waals surface area (Å²) in [7, 11) is 0. The lowest BCUT2D eigenvalue weighted by atomic mass is 10.1. The van der Waals surface area contributed by atoms with Gasteiger partial charge in [0.1, 0.15) is 6.04 Å². The molecule has 2 amide bonds. The largest absolute Gasteiger partial charge is 0.392 e. The number of carbonyl (C=O) groups excluding carboxylic acids is 4. The van der Waals surface area contributed by atoms with Crippen LogP contribution in [0.5, 0.6) is 0 Å². The molecule has 2 aliphatic rings. The summed E-state index contributed by atoms with van der Waals surface area (Å²) >= 11 is 0. The zero-order valence-electron chi connectivity index (χ0n) is 9.79. The zero-order valence-corrected chi connectivity index (χ0v) is 9.79. The molecule has 96 valence electrons. The third kappa shape index (κ3) is 1.64. The van der Waals surface area contributed by atoms with Crippen molar-refractivity contribution in [1.82, 2.24) is 4.90 Å². The monoisotopic (exact) mass is 259 g/mol. The van der Waals surface area contributed by atoms with Gasteiger partial charge in [-0.15, -0.1) is 0 Å². The molecular formula is C13H9NO5. The molecule has 6 nitrogen and oxygen atoms in total. The van der Waals surface area contributed by atoms with E-state index in [0.29, 0.717) is 0 Å². The number of esters is 2. The Kier molecular flexibility index (Phi) is 2.45. The van der Waals surface area contributed by atoms with Gasteiger partial charge in [0.2, 0.25) is 0 Å². The standard InChI is InChI=1S/C13H9NO5/c15-10-6-5-9(13(18)19-10)14-11(16)7-3-1-2-4-8(7)12(14)17/h1-4,9H,5-6H2/t9-/m1/s1. The van der Waals surface area contributed by atoms with E-state index in [1.165, 1.54) is 12.1 Å². The summed E-state index contributed by atoms with van der Waals surface area (Å²) in [5, 5.41) is 0. The van der Waals surface area contributed by atoms with Crippen LogP contribution in [-0.2, 0) is 14.3 Å². The summed E-state index contributed by atoms with van der Waals surface area (Å²) in [6.45, 7) is 0. The van der Waals surface area contributed by atoms with Crippen LogP contribution in [0, 0.1) is 0 Å². The lowest BCUT2D eigenvalue weighted by Gasteiger charge is -2.26. The Morgan fingerprint density at radius 1 is 1.00 bits per heavy atom. The highest BCUT2D eigenvalue weighted by molar-refractivity contribution is 6.23. The number of imide groups is 1. The minimum Gasteiger partial charge on any atom is -0.392 e. The minimum absolute atomic E-state index is 0.0177. The predicted molar refractivity (Wildman–Crippen MR) is 61.1 cm³/mol. The third-order valence-electron chi connectivity index (χ3n) is 3.25. The van der Waals surface area contributed by atoms with Crippen molar-refractivity contribution in [2.75, 3.05) is 0 Å².